The number of hydrogen-bond donors (Lipinski definition) is 0. The molecule has 0 aromatic carbocycles. The summed E-state index contributed by atoms with van der Waals surface area (Å²) in [6.07, 6.45) is 5.79. The second-order valence-electron chi connectivity index (χ2n) is 4.24. The second-order valence-corrected chi connectivity index (χ2v) is 6.70. The van der Waals surface area contributed by atoms with E-state index in [0.29, 0.717) is 10.4 Å². The van der Waals surface area contributed by atoms with Gasteiger partial charge in [-0.1, -0.05) is 31.4 Å². The zero-order chi connectivity index (χ0) is 12.3. The van der Waals surface area contributed by atoms with E-state index in [0.717, 1.165) is 28.8 Å². The Bertz CT molecular complexity index is 394. The number of thioether (sulfide) groups is 1. The highest BCUT2D eigenvalue weighted by molar-refractivity contribution is 9.10. The van der Waals surface area contributed by atoms with Crippen LogP contribution in [-0.2, 0) is 6.42 Å². The summed E-state index contributed by atoms with van der Waals surface area (Å²) in [6.45, 7) is 2.15. The Hall–Kier alpha value is 0.200. The Morgan fingerprint density at radius 1 is 1.41 bits per heavy atom. The van der Waals surface area contributed by atoms with E-state index in [1.54, 1.807) is 0 Å². The minimum absolute atomic E-state index is 0.435. The maximum absolute atomic E-state index is 6.17. The van der Waals surface area contributed by atoms with E-state index >= 15 is 0 Å². The quantitative estimate of drug-likeness (QED) is 0.742. The number of aryl methyl sites for hydroxylation is 1. The van der Waals surface area contributed by atoms with Crippen LogP contribution < -0.4 is 0 Å². The van der Waals surface area contributed by atoms with Crippen LogP contribution in [0.3, 0.4) is 0 Å². The van der Waals surface area contributed by atoms with Crippen molar-refractivity contribution in [2.24, 2.45) is 0 Å². The van der Waals surface area contributed by atoms with Gasteiger partial charge in [-0.25, -0.2) is 9.97 Å². The van der Waals surface area contributed by atoms with Gasteiger partial charge < -0.3 is 0 Å². The Balaban J connectivity index is 2.27. The molecule has 1 atom stereocenters. The van der Waals surface area contributed by atoms with Crippen LogP contribution >= 0.6 is 39.3 Å². The molecule has 0 saturated carbocycles. The van der Waals surface area contributed by atoms with Crippen molar-refractivity contribution in [2.75, 3.05) is 5.75 Å². The van der Waals surface area contributed by atoms with Gasteiger partial charge in [-0.2, -0.15) is 11.8 Å². The van der Waals surface area contributed by atoms with Gasteiger partial charge in [-0.3, -0.25) is 0 Å². The first-order valence-corrected chi connectivity index (χ1v) is 8.27. The lowest BCUT2D eigenvalue weighted by Crippen LogP contribution is -2.09. The Kier molecular flexibility index (Phi) is 5.12. The lowest BCUT2D eigenvalue weighted by Gasteiger charge is -2.20. The van der Waals surface area contributed by atoms with E-state index in [1.807, 2.05) is 11.8 Å². The molecule has 1 saturated heterocycles. The van der Waals surface area contributed by atoms with Gasteiger partial charge in [0.05, 0.1) is 15.4 Å². The number of halogens is 2. The summed E-state index contributed by atoms with van der Waals surface area (Å²) in [7, 11) is 0. The maximum atomic E-state index is 6.17. The normalized spacial score (nSPS) is 20.5. The largest absolute Gasteiger partial charge is 0.235 e. The molecule has 17 heavy (non-hydrogen) atoms. The van der Waals surface area contributed by atoms with E-state index in [4.69, 9.17) is 11.6 Å². The van der Waals surface area contributed by atoms with Gasteiger partial charge in [0, 0.05) is 0 Å². The summed E-state index contributed by atoms with van der Waals surface area (Å²) in [4.78, 5) is 9.11. The van der Waals surface area contributed by atoms with Crippen molar-refractivity contribution in [3.63, 3.8) is 0 Å². The molecule has 0 bridgehead atoms. The molecular formula is C12H16BrClN2S. The lowest BCUT2D eigenvalue weighted by molar-refractivity contribution is 0.656. The molecule has 1 fully saturated rings. The van der Waals surface area contributed by atoms with Crippen LogP contribution in [0.1, 0.15) is 49.4 Å². The Morgan fingerprint density at radius 3 is 2.88 bits per heavy atom. The van der Waals surface area contributed by atoms with Gasteiger partial charge in [0.2, 0.25) is 0 Å². The van der Waals surface area contributed by atoms with Crippen molar-refractivity contribution < 1.29 is 0 Å². The summed E-state index contributed by atoms with van der Waals surface area (Å²) in [6, 6.07) is 0. The van der Waals surface area contributed by atoms with Crippen LogP contribution in [-0.4, -0.2) is 15.7 Å². The molecule has 1 aromatic rings. The lowest BCUT2D eigenvalue weighted by atomic mass is 10.1. The SMILES string of the molecule is CCCc1nc(C2CCCCS2)nc(Cl)c1Br. The third-order valence-electron chi connectivity index (χ3n) is 2.85. The standard InChI is InChI=1S/C12H16BrClN2S/c1-2-5-8-10(13)11(14)16-12(15-8)9-6-3-4-7-17-9/h9H,2-7H2,1H3. The summed E-state index contributed by atoms with van der Waals surface area (Å²) >= 11 is 11.6. The third kappa shape index (κ3) is 3.36. The Morgan fingerprint density at radius 2 is 2.24 bits per heavy atom. The van der Waals surface area contributed by atoms with E-state index in [-0.39, 0.29) is 0 Å². The summed E-state index contributed by atoms with van der Waals surface area (Å²) in [5, 5.41) is 0.995. The van der Waals surface area contributed by atoms with Crippen molar-refractivity contribution >= 4 is 39.3 Å². The summed E-state index contributed by atoms with van der Waals surface area (Å²) < 4.78 is 0.866. The second kappa shape index (κ2) is 6.39. The van der Waals surface area contributed by atoms with Gasteiger partial charge in [0.25, 0.3) is 0 Å². The number of hydrogen-bond acceptors (Lipinski definition) is 3. The molecule has 1 unspecified atom stereocenters. The molecule has 2 heterocycles. The van der Waals surface area contributed by atoms with Crippen LogP contribution in [0, 0.1) is 0 Å². The van der Waals surface area contributed by atoms with Gasteiger partial charge >= 0.3 is 0 Å². The van der Waals surface area contributed by atoms with Crippen LogP contribution in [0.25, 0.3) is 0 Å². The Labute approximate surface area is 120 Å². The molecule has 2 nitrogen and oxygen atoms in total. The molecule has 0 radical (unpaired) electrons. The van der Waals surface area contributed by atoms with E-state index in [1.165, 1.54) is 25.0 Å². The molecule has 1 aliphatic rings. The minimum atomic E-state index is 0.435. The predicted molar refractivity (Wildman–Crippen MR) is 77.8 cm³/mol. The molecule has 0 spiro atoms. The maximum Gasteiger partial charge on any atom is 0.147 e. The first kappa shape index (κ1) is 13.6. The summed E-state index contributed by atoms with van der Waals surface area (Å²) in [5.74, 6) is 2.14. The van der Waals surface area contributed by atoms with Crippen molar-refractivity contribution in [1.82, 2.24) is 9.97 Å². The van der Waals surface area contributed by atoms with E-state index < -0.39 is 0 Å². The van der Waals surface area contributed by atoms with Crippen molar-refractivity contribution in [2.45, 2.75) is 44.3 Å². The first-order chi connectivity index (χ1) is 8.22. The fourth-order valence-electron chi connectivity index (χ4n) is 1.97. The number of rotatable bonds is 3. The first-order valence-electron chi connectivity index (χ1n) is 6.05. The van der Waals surface area contributed by atoms with Crippen LogP contribution in [0.5, 0.6) is 0 Å². The molecule has 94 valence electrons. The summed E-state index contributed by atoms with van der Waals surface area (Å²) in [5.41, 5.74) is 1.05. The smallest absolute Gasteiger partial charge is 0.147 e. The molecule has 0 aliphatic carbocycles. The van der Waals surface area contributed by atoms with Crippen LogP contribution in [0.2, 0.25) is 5.15 Å². The highest BCUT2D eigenvalue weighted by Gasteiger charge is 2.21. The zero-order valence-electron chi connectivity index (χ0n) is 9.88. The highest BCUT2D eigenvalue weighted by Crippen LogP contribution is 2.38. The molecule has 5 heteroatoms. The topological polar surface area (TPSA) is 25.8 Å². The van der Waals surface area contributed by atoms with Crippen molar-refractivity contribution in [3.8, 4) is 0 Å². The molecule has 0 N–H and O–H groups in total. The average Bonchev–Trinajstić information content (AvgIpc) is 2.36. The van der Waals surface area contributed by atoms with E-state index in [9.17, 15) is 0 Å². The van der Waals surface area contributed by atoms with E-state index in [2.05, 4.69) is 32.8 Å². The van der Waals surface area contributed by atoms with Crippen LogP contribution in [0.15, 0.2) is 4.47 Å². The molecule has 0 amide bonds. The number of aromatic nitrogens is 2. The molecule has 2 rings (SSSR count). The van der Waals surface area contributed by atoms with Gasteiger partial charge in [-0.15, -0.1) is 0 Å². The zero-order valence-corrected chi connectivity index (χ0v) is 13.0. The molecular weight excluding hydrogens is 320 g/mol. The van der Waals surface area contributed by atoms with Crippen molar-refractivity contribution in [3.05, 3.63) is 21.1 Å². The fourth-order valence-corrected chi connectivity index (χ4v) is 3.79. The van der Waals surface area contributed by atoms with Crippen molar-refractivity contribution in [1.29, 1.82) is 0 Å². The molecule has 1 aromatic heterocycles. The number of nitrogens with zero attached hydrogens (tertiary/aromatic N) is 2. The third-order valence-corrected chi connectivity index (χ3v) is 5.56. The van der Waals surface area contributed by atoms with Gasteiger partial charge in [0.15, 0.2) is 0 Å². The molecule has 1 aliphatic heterocycles. The monoisotopic (exact) mass is 334 g/mol. The van der Waals surface area contributed by atoms with Gasteiger partial charge in [-0.05, 0) is 40.9 Å². The predicted octanol–water partition coefficient (Wildman–Crippen LogP) is 4.80. The minimum Gasteiger partial charge on any atom is -0.235 e. The fraction of sp³-hybridized carbons (Fsp3) is 0.667. The van der Waals surface area contributed by atoms with Crippen LogP contribution in [0.4, 0.5) is 0 Å². The van der Waals surface area contributed by atoms with Gasteiger partial charge in [0.1, 0.15) is 11.0 Å². The average molecular weight is 336 g/mol. The highest BCUT2D eigenvalue weighted by atomic mass is 79.9.